The summed E-state index contributed by atoms with van der Waals surface area (Å²) in [6.45, 7) is -0.0942. The van der Waals surface area contributed by atoms with Crippen molar-refractivity contribution in [2.24, 2.45) is 5.73 Å². The van der Waals surface area contributed by atoms with E-state index in [1.807, 2.05) is 6.07 Å². The van der Waals surface area contributed by atoms with E-state index in [0.29, 0.717) is 10.4 Å². The fraction of sp³-hybridized carbons (Fsp3) is 0.375. The first kappa shape index (κ1) is 10.1. The molecule has 0 bridgehead atoms. The highest BCUT2D eigenvalue weighted by Gasteiger charge is 2.22. The molecule has 0 aliphatic rings. The predicted octanol–water partition coefficient (Wildman–Crippen LogP) is 1.93. The van der Waals surface area contributed by atoms with Crippen molar-refractivity contribution >= 4 is 11.3 Å². The summed E-state index contributed by atoms with van der Waals surface area (Å²) >= 11 is 1.15. The van der Waals surface area contributed by atoms with Crippen LogP contribution in [0.25, 0.3) is 0 Å². The number of thiophene rings is 1. The van der Waals surface area contributed by atoms with Crippen LogP contribution in [0, 0.1) is 11.3 Å². The van der Waals surface area contributed by atoms with E-state index in [4.69, 9.17) is 11.0 Å². The minimum Gasteiger partial charge on any atom is -0.330 e. The van der Waals surface area contributed by atoms with E-state index in [-0.39, 0.29) is 6.54 Å². The number of rotatable bonds is 3. The van der Waals surface area contributed by atoms with Gasteiger partial charge in [0.1, 0.15) is 6.07 Å². The minimum absolute atomic E-state index is 0.0942. The molecule has 0 saturated heterocycles. The SMILES string of the molecule is N#Cc1csc(C(CN)C(F)F)c1. The fourth-order valence-corrected chi connectivity index (χ4v) is 1.90. The third-order valence-corrected chi connectivity index (χ3v) is 2.74. The lowest BCUT2D eigenvalue weighted by molar-refractivity contribution is 0.118. The third-order valence-electron chi connectivity index (χ3n) is 1.67. The second kappa shape index (κ2) is 4.30. The number of nitrogens with two attached hydrogens (primary N) is 1. The Hall–Kier alpha value is -0.990. The largest absolute Gasteiger partial charge is 0.330 e. The molecule has 0 aliphatic carbocycles. The molecule has 0 saturated carbocycles. The van der Waals surface area contributed by atoms with Gasteiger partial charge in [-0.1, -0.05) is 0 Å². The zero-order chi connectivity index (χ0) is 9.84. The van der Waals surface area contributed by atoms with Crippen LogP contribution in [0.1, 0.15) is 16.4 Å². The van der Waals surface area contributed by atoms with Crippen LogP contribution >= 0.6 is 11.3 Å². The average molecular weight is 202 g/mol. The van der Waals surface area contributed by atoms with Crippen LogP contribution in [0.3, 0.4) is 0 Å². The van der Waals surface area contributed by atoms with E-state index in [1.165, 1.54) is 6.07 Å². The molecule has 1 rings (SSSR count). The highest BCUT2D eigenvalue weighted by molar-refractivity contribution is 7.10. The van der Waals surface area contributed by atoms with Crippen molar-refractivity contribution in [2.45, 2.75) is 12.3 Å². The van der Waals surface area contributed by atoms with Crippen LogP contribution in [0.5, 0.6) is 0 Å². The molecule has 0 aromatic carbocycles. The van der Waals surface area contributed by atoms with Gasteiger partial charge in [0.05, 0.1) is 11.5 Å². The molecule has 0 radical (unpaired) electrons. The van der Waals surface area contributed by atoms with Crippen LogP contribution in [-0.2, 0) is 0 Å². The van der Waals surface area contributed by atoms with Gasteiger partial charge < -0.3 is 5.73 Å². The van der Waals surface area contributed by atoms with E-state index in [9.17, 15) is 8.78 Å². The quantitative estimate of drug-likeness (QED) is 0.814. The van der Waals surface area contributed by atoms with Crippen molar-refractivity contribution in [3.8, 4) is 6.07 Å². The van der Waals surface area contributed by atoms with Crippen LogP contribution in [0.4, 0.5) is 8.78 Å². The molecule has 1 heterocycles. The summed E-state index contributed by atoms with van der Waals surface area (Å²) in [5.74, 6) is -0.938. The third kappa shape index (κ3) is 2.23. The summed E-state index contributed by atoms with van der Waals surface area (Å²) in [5, 5.41) is 10.0. The number of nitriles is 1. The van der Waals surface area contributed by atoms with Gasteiger partial charge in [0.2, 0.25) is 6.43 Å². The fourth-order valence-electron chi connectivity index (χ4n) is 0.949. The number of hydrogen-bond acceptors (Lipinski definition) is 3. The molecule has 70 valence electrons. The van der Waals surface area contributed by atoms with Crippen molar-refractivity contribution in [3.63, 3.8) is 0 Å². The monoisotopic (exact) mass is 202 g/mol. The Balaban J connectivity index is 2.87. The topological polar surface area (TPSA) is 49.8 Å². The van der Waals surface area contributed by atoms with Crippen molar-refractivity contribution in [1.29, 1.82) is 5.26 Å². The van der Waals surface area contributed by atoms with E-state index in [0.717, 1.165) is 11.3 Å². The van der Waals surface area contributed by atoms with Crippen LogP contribution in [0.2, 0.25) is 0 Å². The summed E-state index contributed by atoms with van der Waals surface area (Å²) in [6.07, 6.45) is -2.46. The Labute approximate surface area is 78.6 Å². The number of hydrogen-bond donors (Lipinski definition) is 1. The van der Waals surface area contributed by atoms with Gasteiger partial charge in [-0.05, 0) is 6.07 Å². The second-order valence-electron chi connectivity index (χ2n) is 2.53. The van der Waals surface area contributed by atoms with Gasteiger partial charge in [-0.2, -0.15) is 5.26 Å². The van der Waals surface area contributed by atoms with Crippen LogP contribution in [-0.4, -0.2) is 13.0 Å². The molecule has 1 unspecified atom stereocenters. The number of nitrogens with zero attached hydrogens (tertiary/aromatic N) is 1. The van der Waals surface area contributed by atoms with Gasteiger partial charge in [0.25, 0.3) is 0 Å². The molecule has 0 spiro atoms. The number of alkyl halides is 2. The highest BCUT2D eigenvalue weighted by Crippen LogP contribution is 2.27. The minimum atomic E-state index is -2.46. The lowest BCUT2D eigenvalue weighted by Crippen LogP contribution is -2.18. The Kier molecular flexibility index (Phi) is 3.34. The van der Waals surface area contributed by atoms with Crippen molar-refractivity contribution in [1.82, 2.24) is 0 Å². The normalized spacial score (nSPS) is 12.8. The van der Waals surface area contributed by atoms with Crippen molar-refractivity contribution in [2.75, 3.05) is 6.54 Å². The molecule has 1 atom stereocenters. The summed E-state index contributed by atoms with van der Waals surface area (Å²) < 4.78 is 24.7. The molecule has 13 heavy (non-hydrogen) atoms. The Morgan fingerprint density at radius 1 is 1.62 bits per heavy atom. The standard InChI is InChI=1S/C8H8F2N2S/c9-8(10)6(3-12)7-1-5(2-11)4-13-7/h1,4,6,8H,3,12H2. The zero-order valence-corrected chi connectivity index (χ0v) is 7.52. The van der Waals surface area contributed by atoms with Gasteiger partial charge in [-0.3, -0.25) is 0 Å². The zero-order valence-electron chi connectivity index (χ0n) is 6.71. The van der Waals surface area contributed by atoms with Gasteiger partial charge in [-0.15, -0.1) is 11.3 Å². The molecule has 0 aliphatic heterocycles. The summed E-state index contributed by atoms with van der Waals surface area (Å²) in [5.41, 5.74) is 5.62. The first-order valence-electron chi connectivity index (χ1n) is 3.65. The molecule has 0 fully saturated rings. The maximum Gasteiger partial charge on any atom is 0.247 e. The van der Waals surface area contributed by atoms with E-state index in [1.54, 1.807) is 5.38 Å². The van der Waals surface area contributed by atoms with Crippen molar-refractivity contribution in [3.05, 3.63) is 21.9 Å². The van der Waals surface area contributed by atoms with Gasteiger partial charge in [0.15, 0.2) is 0 Å². The summed E-state index contributed by atoms with van der Waals surface area (Å²) in [4.78, 5) is 0.481. The number of halogens is 2. The second-order valence-corrected chi connectivity index (χ2v) is 3.47. The Bertz CT molecular complexity index is 316. The van der Waals surface area contributed by atoms with Crippen molar-refractivity contribution < 1.29 is 8.78 Å². The lowest BCUT2D eigenvalue weighted by atomic mass is 10.1. The molecule has 0 amide bonds. The van der Waals surface area contributed by atoms with Gasteiger partial charge >= 0.3 is 0 Å². The molecule has 2 nitrogen and oxygen atoms in total. The van der Waals surface area contributed by atoms with Crippen LogP contribution in [0.15, 0.2) is 11.4 Å². The molecular weight excluding hydrogens is 194 g/mol. The van der Waals surface area contributed by atoms with Gasteiger partial charge in [0, 0.05) is 16.8 Å². The smallest absolute Gasteiger partial charge is 0.247 e. The Morgan fingerprint density at radius 2 is 2.31 bits per heavy atom. The highest BCUT2D eigenvalue weighted by atomic mass is 32.1. The first-order valence-corrected chi connectivity index (χ1v) is 4.53. The predicted molar refractivity (Wildman–Crippen MR) is 46.8 cm³/mol. The van der Waals surface area contributed by atoms with E-state index >= 15 is 0 Å². The molecule has 1 aromatic rings. The molecule has 2 N–H and O–H groups in total. The van der Waals surface area contributed by atoms with Gasteiger partial charge in [-0.25, -0.2) is 8.78 Å². The maximum absolute atomic E-state index is 12.3. The lowest BCUT2D eigenvalue weighted by Gasteiger charge is -2.10. The molecular formula is C8H8F2N2S. The molecule has 5 heteroatoms. The first-order chi connectivity index (χ1) is 6.19. The summed E-state index contributed by atoms with van der Waals surface area (Å²) in [7, 11) is 0. The Morgan fingerprint density at radius 3 is 2.69 bits per heavy atom. The van der Waals surface area contributed by atoms with E-state index in [2.05, 4.69) is 0 Å². The average Bonchev–Trinajstić information content (AvgIpc) is 2.53. The summed E-state index contributed by atoms with van der Waals surface area (Å²) in [6, 6.07) is 3.36. The maximum atomic E-state index is 12.3. The molecule has 1 aromatic heterocycles. The van der Waals surface area contributed by atoms with Crippen LogP contribution < -0.4 is 5.73 Å². The van der Waals surface area contributed by atoms with E-state index < -0.39 is 12.3 Å².